The van der Waals surface area contributed by atoms with Gasteiger partial charge in [-0.2, -0.15) is 0 Å². The molecule has 5 rings (SSSR count). The van der Waals surface area contributed by atoms with Crippen LogP contribution in [0.5, 0.6) is 17.2 Å². The quantitative estimate of drug-likeness (QED) is 0.179. The molecule has 3 aromatic carbocycles. The molecule has 0 bridgehead atoms. The van der Waals surface area contributed by atoms with Crippen molar-refractivity contribution in [3.63, 3.8) is 0 Å². The van der Waals surface area contributed by atoms with Gasteiger partial charge in [-0.05, 0) is 72.5 Å². The van der Waals surface area contributed by atoms with Crippen molar-refractivity contribution in [3.8, 4) is 28.4 Å². The highest BCUT2D eigenvalue weighted by Gasteiger charge is 2.61. The number of carboxylic acids is 1. The minimum absolute atomic E-state index is 0.183. The Morgan fingerprint density at radius 3 is 2.31 bits per heavy atom. The number of nitrogens with zero attached hydrogens (tertiary/aromatic N) is 2. The number of aliphatic carboxylic acids is 1. The summed E-state index contributed by atoms with van der Waals surface area (Å²) in [5.41, 5.74) is -0.925. The summed E-state index contributed by atoms with van der Waals surface area (Å²) in [6.07, 6.45) is -1.07. The number of piperidine rings is 1. The summed E-state index contributed by atoms with van der Waals surface area (Å²) in [4.78, 5) is 29.1. The van der Waals surface area contributed by atoms with Crippen LogP contribution < -0.4 is 14.2 Å². The number of hydrogen-bond acceptors (Lipinski definition) is 6. The van der Waals surface area contributed by atoms with E-state index in [1.807, 2.05) is 24.3 Å². The Balaban J connectivity index is 1.51. The molecular weight excluding hydrogens is 632 g/mol. The third-order valence-corrected chi connectivity index (χ3v) is 9.42. The van der Waals surface area contributed by atoms with Crippen LogP contribution in [-0.2, 0) is 16.0 Å². The van der Waals surface area contributed by atoms with E-state index in [4.69, 9.17) is 14.2 Å². The van der Waals surface area contributed by atoms with Crippen LogP contribution in [0.4, 0.5) is 17.6 Å². The highest BCUT2D eigenvalue weighted by atomic mass is 19.3. The molecule has 0 aromatic heterocycles. The molecule has 48 heavy (non-hydrogen) atoms. The number of benzene rings is 3. The van der Waals surface area contributed by atoms with Crippen LogP contribution in [0.15, 0.2) is 60.7 Å². The van der Waals surface area contributed by atoms with E-state index in [-0.39, 0.29) is 19.5 Å². The van der Waals surface area contributed by atoms with Crippen LogP contribution in [0.2, 0.25) is 0 Å². The number of halogens is 4. The van der Waals surface area contributed by atoms with Crippen molar-refractivity contribution >= 4 is 22.6 Å². The fourth-order valence-electron chi connectivity index (χ4n) is 6.93. The smallest absolute Gasteiger partial charge is 0.326 e. The second kappa shape index (κ2) is 13.3. The van der Waals surface area contributed by atoms with Gasteiger partial charge in [-0.25, -0.2) is 22.4 Å². The van der Waals surface area contributed by atoms with E-state index in [1.54, 1.807) is 31.4 Å². The van der Waals surface area contributed by atoms with Crippen molar-refractivity contribution in [2.45, 2.75) is 51.0 Å². The van der Waals surface area contributed by atoms with Gasteiger partial charge in [-0.1, -0.05) is 43.0 Å². The van der Waals surface area contributed by atoms with Gasteiger partial charge in [0.1, 0.15) is 30.4 Å². The summed E-state index contributed by atoms with van der Waals surface area (Å²) >= 11 is 0. The van der Waals surface area contributed by atoms with Crippen molar-refractivity contribution < 1.29 is 46.5 Å². The number of alkyl halides is 4. The van der Waals surface area contributed by atoms with Crippen LogP contribution in [0.25, 0.3) is 21.9 Å². The molecule has 0 spiro atoms. The molecule has 2 aliphatic heterocycles. The first-order chi connectivity index (χ1) is 22.6. The van der Waals surface area contributed by atoms with Gasteiger partial charge < -0.3 is 24.2 Å². The maximum atomic E-state index is 16.0. The van der Waals surface area contributed by atoms with Gasteiger partial charge in [-0.15, -0.1) is 0 Å². The van der Waals surface area contributed by atoms with Gasteiger partial charge in [0.2, 0.25) is 5.91 Å². The van der Waals surface area contributed by atoms with E-state index in [9.17, 15) is 23.5 Å². The Labute approximate surface area is 276 Å². The van der Waals surface area contributed by atoms with Crippen LogP contribution in [0.1, 0.15) is 32.3 Å². The monoisotopic (exact) mass is 672 g/mol. The molecule has 3 aromatic rings. The van der Waals surface area contributed by atoms with Gasteiger partial charge in [0.25, 0.3) is 11.8 Å². The number of rotatable bonds is 11. The first-order valence-corrected chi connectivity index (χ1v) is 15.7. The second-order valence-corrected chi connectivity index (χ2v) is 12.7. The van der Waals surface area contributed by atoms with Gasteiger partial charge in [-0.3, -0.25) is 9.69 Å². The molecule has 0 saturated carbocycles. The first kappa shape index (κ1) is 35.0. The predicted molar refractivity (Wildman–Crippen MR) is 173 cm³/mol. The number of amides is 1. The fraction of sp³-hybridized carbons (Fsp3) is 0.444. The number of carbonyl (C=O) groups is 2. The zero-order valence-electron chi connectivity index (χ0n) is 27.5. The zero-order valence-corrected chi connectivity index (χ0v) is 27.5. The summed E-state index contributed by atoms with van der Waals surface area (Å²) in [6.45, 7) is 5.02. The molecule has 258 valence electrons. The average Bonchev–Trinajstić information content (AvgIpc) is 3.05. The molecule has 2 aliphatic rings. The normalized spacial score (nSPS) is 17.1. The molecule has 0 radical (unpaired) electrons. The summed E-state index contributed by atoms with van der Waals surface area (Å²) in [5.74, 6) is -7.57. The number of allylic oxidation sites excluding steroid dienone is 1. The maximum Gasteiger partial charge on any atom is 0.326 e. The molecule has 1 N–H and O–H groups in total. The number of carboxylic acid groups (broad SMARTS) is 1. The Morgan fingerprint density at radius 2 is 1.69 bits per heavy atom. The van der Waals surface area contributed by atoms with E-state index in [1.165, 1.54) is 11.9 Å². The van der Waals surface area contributed by atoms with Gasteiger partial charge in [0, 0.05) is 20.4 Å². The molecule has 0 unspecified atom stereocenters. The van der Waals surface area contributed by atoms with Crippen molar-refractivity contribution in [2.24, 2.45) is 5.41 Å². The van der Waals surface area contributed by atoms with Gasteiger partial charge in [0.05, 0.1) is 19.2 Å². The Kier molecular flexibility index (Phi) is 9.69. The molecular formula is C36H40F4N2O6. The Morgan fingerprint density at radius 1 is 1.04 bits per heavy atom. The van der Waals surface area contributed by atoms with Crippen LogP contribution >= 0.6 is 0 Å². The molecule has 8 nitrogen and oxygen atoms in total. The summed E-state index contributed by atoms with van der Waals surface area (Å²) < 4.78 is 76.8. The Bertz CT molecular complexity index is 1710. The SMILES string of the molecule is C=C(C)C(F)(F)C1(C(=O)N(C)[C@@H](Cc2cccc3c(-c4c(OC)ccc5c4OCCO5)cccc23)C(=O)O)CCN(CC(C)(F)F)CC1. The molecule has 2 heterocycles. The highest BCUT2D eigenvalue weighted by molar-refractivity contribution is 6.02. The van der Waals surface area contributed by atoms with Crippen LogP contribution in [0, 0.1) is 5.41 Å². The fourth-order valence-corrected chi connectivity index (χ4v) is 6.93. The number of likely N-dealkylation sites (N-methyl/N-ethyl adjacent to an activating group) is 1. The van der Waals surface area contributed by atoms with E-state index in [0.29, 0.717) is 47.0 Å². The highest BCUT2D eigenvalue weighted by Crippen LogP contribution is 2.51. The molecule has 12 heteroatoms. The van der Waals surface area contributed by atoms with Crippen LogP contribution in [-0.4, -0.2) is 91.7 Å². The molecule has 1 saturated heterocycles. The van der Waals surface area contributed by atoms with Crippen molar-refractivity contribution in [3.05, 3.63) is 66.2 Å². The van der Waals surface area contributed by atoms with Crippen molar-refractivity contribution in [1.82, 2.24) is 9.80 Å². The molecule has 1 amide bonds. The minimum Gasteiger partial charge on any atom is -0.496 e. The summed E-state index contributed by atoms with van der Waals surface area (Å²) in [6, 6.07) is 12.9. The number of methoxy groups -OCH3 is 1. The first-order valence-electron chi connectivity index (χ1n) is 15.7. The van der Waals surface area contributed by atoms with Crippen molar-refractivity contribution in [1.29, 1.82) is 0 Å². The van der Waals surface area contributed by atoms with Gasteiger partial charge in [0.15, 0.2) is 11.5 Å². The topological polar surface area (TPSA) is 88.5 Å². The third kappa shape index (κ3) is 6.42. The standard InChI is InChI=1S/C36H40F4N2O6/c1-22(2)36(39,40)35(14-16-42(17-15-35)21-34(3,37)38)33(45)41(4)27(32(43)44)20-23-8-6-10-25-24(23)9-7-11-26(25)30-28(46-5)12-13-29-31(30)48-19-18-47-29/h6-13,27H,1,14-21H2,2-5H3,(H,43,44)/t27-/m0/s1. The lowest BCUT2D eigenvalue weighted by molar-refractivity contribution is -0.178. The minimum atomic E-state index is -3.71. The van der Waals surface area contributed by atoms with Crippen LogP contribution in [0.3, 0.4) is 0 Å². The predicted octanol–water partition coefficient (Wildman–Crippen LogP) is 6.69. The molecule has 1 fully saturated rings. The third-order valence-electron chi connectivity index (χ3n) is 9.42. The van der Waals surface area contributed by atoms with E-state index in [2.05, 4.69) is 6.58 Å². The second-order valence-electron chi connectivity index (χ2n) is 12.7. The van der Waals surface area contributed by atoms with E-state index >= 15 is 8.78 Å². The Hall–Kier alpha value is -4.32. The summed E-state index contributed by atoms with van der Waals surface area (Å²) in [5, 5.41) is 11.8. The number of carbonyl (C=O) groups excluding carboxylic acids is 1. The van der Waals surface area contributed by atoms with E-state index in [0.717, 1.165) is 29.7 Å². The number of fused-ring (bicyclic) bond motifs is 2. The molecule has 1 atom stereocenters. The maximum absolute atomic E-state index is 16.0. The number of ether oxygens (including phenoxy) is 3. The lowest BCUT2D eigenvalue weighted by Gasteiger charge is -2.47. The summed E-state index contributed by atoms with van der Waals surface area (Å²) in [7, 11) is 2.75. The number of likely N-dealkylation sites (tertiary alicyclic amines) is 1. The lowest BCUT2D eigenvalue weighted by Crippen LogP contribution is -2.61. The number of hydrogen-bond donors (Lipinski definition) is 1. The molecule has 0 aliphatic carbocycles. The lowest BCUT2D eigenvalue weighted by atomic mass is 9.69. The largest absolute Gasteiger partial charge is 0.496 e. The van der Waals surface area contributed by atoms with E-state index < -0.39 is 60.1 Å². The average molecular weight is 673 g/mol. The zero-order chi connectivity index (χ0) is 35.0. The van der Waals surface area contributed by atoms with Gasteiger partial charge >= 0.3 is 5.97 Å². The van der Waals surface area contributed by atoms with Crippen molar-refractivity contribution in [2.75, 3.05) is 47.0 Å².